The number of carboxylic acid groups (broad SMARTS) is 1. The summed E-state index contributed by atoms with van der Waals surface area (Å²) in [6.45, 7) is 6.15. The van der Waals surface area contributed by atoms with Crippen molar-refractivity contribution in [1.29, 1.82) is 0 Å². The van der Waals surface area contributed by atoms with Crippen molar-refractivity contribution < 1.29 is 29.6 Å². The van der Waals surface area contributed by atoms with Crippen molar-refractivity contribution in [1.82, 2.24) is 0 Å². The number of benzene rings is 1. The number of rotatable bonds is 10. The molecular formula is C17H26O6. The van der Waals surface area contributed by atoms with Crippen LogP contribution in [0.5, 0.6) is 23.0 Å². The molecule has 0 saturated heterocycles. The highest BCUT2D eigenvalue weighted by Crippen LogP contribution is 2.49. The first-order valence-electron chi connectivity index (χ1n) is 8.09. The molecule has 0 saturated carbocycles. The van der Waals surface area contributed by atoms with Crippen LogP contribution in [0.4, 0.5) is 0 Å². The molecule has 1 rings (SSSR count). The molecule has 3 N–H and O–H groups in total. The Morgan fingerprint density at radius 2 is 1.52 bits per heavy atom. The van der Waals surface area contributed by atoms with Gasteiger partial charge in [-0.25, -0.2) is 4.79 Å². The molecule has 0 spiro atoms. The number of aromatic carboxylic acids is 1. The molecule has 23 heavy (non-hydrogen) atoms. The molecule has 0 unspecified atom stereocenters. The van der Waals surface area contributed by atoms with E-state index < -0.39 is 17.5 Å². The number of phenols is 2. The highest BCUT2D eigenvalue weighted by Gasteiger charge is 2.29. The molecule has 1 aromatic carbocycles. The van der Waals surface area contributed by atoms with E-state index in [-0.39, 0.29) is 23.7 Å². The second-order valence-electron chi connectivity index (χ2n) is 5.19. The molecule has 0 aliphatic carbocycles. The third-order valence-corrected chi connectivity index (χ3v) is 3.53. The number of unbranched alkanes of at least 4 members (excludes halogenated alkanes) is 3. The summed E-state index contributed by atoms with van der Waals surface area (Å²) in [7, 11) is 0. The van der Waals surface area contributed by atoms with Crippen molar-refractivity contribution in [3.05, 3.63) is 11.1 Å². The Balaban J connectivity index is 3.41. The summed E-state index contributed by atoms with van der Waals surface area (Å²) in [5, 5.41) is 29.6. The highest BCUT2D eigenvalue weighted by molar-refractivity contribution is 5.95. The predicted molar refractivity (Wildman–Crippen MR) is 86.9 cm³/mol. The molecule has 0 bridgehead atoms. The van der Waals surface area contributed by atoms with Crippen LogP contribution in [0.15, 0.2) is 0 Å². The van der Waals surface area contributed by atoms with Crippen molar-refractivity contribution in [3.63, 3.8) is 0 Å². The monoisotopic (exact) mass is 326 g/mol. The minimum atomic E-state index is -1.30. The SMILES string of the molecule is CCCCCCc1c(OCC)c(OCC)c(O)c(O)c1C(=O)O. The second kappa shape index (κ2) is 9.12. The molecule has 0 heterocycles. The van der Waals surface area contributed by atoms with Crippen LogP contribution >= 0.6 is 0 Å². The molecule has 1 aromatic rings. The van der Waals surface area contributed by atoms with Gasteiger partial charge >= 0.3 is 5.97 Å². The summed E-state index contributed by atoms with van der Waals surface area (Å²) in [5.74, 6) is -2.35. The van der Waals surface area contributed by atoms with Crippen molar-refractivity contribution in [2.45, 2.75) is 52.9 Å². The zero-order chi connectivity index (χ0) is 17.4. The maximum absolute atomic E-state index is 11.5. The fourth-order valence-corrected chi connectivity index (χ4v) is 2.50. The van der Waals surface area contributed by atoms with E-state index in [2.05, 4.69) is 6.92 Å². The van der Waals surface area contributed by atoms with Gasteiger partial charge in [-0.1, -0.05) is 26.2 Å². The van der Waals surface area contributed by atoms with Gasteiger partial charge in [-0.15, -0.1) is 0 Å². The maximum atomic E-state index is 11.5. The van der Waals surface area contributed by atoms with Crippen LogP contribution in [-0.4, -0.2) is 34.5 Å². The number of ether oxygens (including phenoxy) is 2. The molecule has 0 amide bonds. The summed E-state index contributed by atoms with van der Waals surface area (Å²) in [6.07, 6.45) is 4.27. The fraction of sp³-hybridized carbons (Fsp3) is 0.588. The lowest BCUT2D eigenvalue weighted by Gasteiger charge is -2.20. The molecule has 0 aliphatic heterocycles. The second-order valence-corrected chi connectivity index (χ2v) is 5.19. The van der Waals surface area contributed by atoms with E-state index in [1.165, 1.54) is 0 Å². The van der Waals surface area contributed by atoms with E-state index in [1.807, 2.05) is 0 Å². The Labute approximate surface area is 136 Å². The summed E-state index contributed by atoms with van der Waals surface area (Å²) >= 11 is 0. The number of hydrogen-bond acceptors (Lipinski definition) is 5. The Hall–Kier alpha value is -2.11. The van der Waals surface area contributed by atoms with Gasteiger partial charge < -0.3 is 24.8 Å². The summed E-state index contributed by atoms with van der Waals surface area (Å²) in [5.41, 5.74) is 0.0557. The summed E-state index contributed by atoms with van der Waals surface area (Å²) in [4.78, 5) is 11.5. The number of carbonyl (C=O) groups is 1. The highest BCUT2D eigenvalue weighted by atomic mass is 16.5. The van der Waals surface area contributed by atoms with Crippen LogP contribution < -0.4 is 9.47 Å². The van der Waals surface area contributed by atoms with Gasteiger partial charge in [0.1, 0.15) is 5.56 Å². The number of aromatic hydroxyl groups is 2. The lowest BCUT2D eigenvalue weighted by Crippen LogP contribution is -2.09. The normalized spacial score (nSPS) is 10.6. The number of carboxylic acids is 1. The van der Waals surface area contributed by atoms with Crippen molar-refractivity contribution in [2.24, 2.45) is 0 Å². The maximum Gasteiger partial charge on any atom is 0.340 e. The largest absolute Gasteiger partial charge is 0.504 e. The van der Waals surface area contributed by atoms with Crippen LogP contribution in [0.2, 0.25) is 0 Å². The number of phenolic OH excluding ortho intramolecular Hbond substituents is 1. The molecular weight excluding hydrogens is 300 g/mol. The van der Waals surface area contributed by atoms with Gasteiger partial charge in [-0.05, 0) is 26.7 Å². The van der Waals surface area contributed by atoms with Crippen molar-refractivity contribution >= 4 is 5.97 Å². The van der Waals surface area contributed by atoms with Gasteiger partial charge in [-0.3, -0.25) is 0 Å². The summed E-state index contributed by atoms with van der Waals surface area (Å²) < 4.78 is 10.9. The first kappa shape index (κ1) is 18.9. The lowest BCUT2D eigenvalue weighted by molar-refractivity contribution is 0.0690. The summed E-state index contributed by atoms with van der Waals surface area (Å²) in [6, 6.07) is 0. The van der Waals surface area contributed by atoms with Crippen LogP contribution in [0.3, 0.4) is 0 Å². The van der Waals surface area contributed by atoms with E-state index in [1.54, 1.807) is 13.8 Å². The first-order chi connectivity index (χ1) is 11.0. The van der Waals surface area contributed by atoms with E-state index >= 15 is 0 Å². The smallest absolute Gasteiger partial charge is 0.340 e. The minimum absolute atomic E-state index is 0.00217. The van der Waals surface area contributed by atoms with Crippen LogP contribution in [0.25, 0.3) is 0 Å². The molecule has 0 fully saturated rings. The zero-order valence-electron chi connectivity index (χ0n) is 14.0. The van der Waals surface area contributed by atoms with Crippen LogP contribution in [-0.2, 0) is 6.42 Å². The minimum Gasteiger partial charge on any atom is -0.504 e. The predicted octanol–water partition coefficient (Wildman–Crippen LogP) is 3.72. The van der Waals surface area contributed by atoms with Crippen molar-refractivity contribution in [2.75, 3.05) is 13.2 Å². The van der Waals surface area contributed by atoms with Gasteiger partial charge in [0.2, 0.25) is 11.5 Å². The zero-order valence-corrected chi connectivity index (χ0v) is 14.0. The fourth-order valence-electron chi connectivity index (χ4n) is 2.50. The number of hydrogen-bond donors (Lipinski definition) is 3. The van der Waals surface area contributed by atoms with E-state index in [9.17, 15) is 20.1 Å². The van der Waals surface area contributed by atoms with Crippen LogP contribution in [0.1, 0.15) is 62.4 Å². The van der Waals surface area contributed by atoms with E-state index in [4.69, 9.17) is 9.47 Å². The average molecular weight is 326 g/mol. The van der Waals surface area contributed by atoms with Crippen LogP contribution in [0, 0.1) is 0 Å². The lowest BCUT2D eigenvalue weighted by atomic mass is 9.97. The van der Waals surface area contributed by atoms with Gasteiger partial charge in [0.05, 0.1) is 13.2 Å². The Bertz CT molecular complexity index is 539. The standard InChI is InChI=1S/C17H26O6/c1-4-7-8-9-10-11-12(17(20)21)13(18)14(19)16(23-6-3)15(11)22-5-2/h18-19H,4-10H2,1-3H3,(H,20,21). The third-order valence-electron chi connectivity index (χ3n) is 3.53. The Morgan fingerprint density at radius 1 is 0.913 bits per heavy atom. The van der Waals surface area contributed by atoms with Gasteiger partial charge in [0.25, 0.3) is 0 Å². The van der Waals surface area contributed by atoms with Crippen molar-refractivity contribution in [3.8, 4) is 23.0 Å². The molecule has 6 nitrogen and oxygen atoms in total. The average Bonchev–Trinajstić information content (AvgIpc) is 2.51. The molecule has 0 atom stereocenters. The third kappa shape index (κ3) is 4.43. The molecule has 0 aliphatic rings. The Morgan fingerprint density at radius 3 is 2.04 bits per heavy atom. The van der Waals surface area contributed by atoms with Gasteiger partial charge in [0, 0.05) is 5.56 Å². The topological polar surface area (TPSA) is 96.2 Å². The molecule has 6 heteroatoms. The quantitative estimate of drug-likeness (QED) is 0.448. The van der Waals surface area contributed by atoms with Gasteiger partial charge in [-0.2, -0.15) is 0 Å². The first-order valence-corrected chi connectivity index (χ1v) is 8.09. The Kier molecular flexibility index (Phi) is 7.51. The van der Waals surface area contributed by atoms with E-state index in [0.717, 1.165) is 25.7 Å². The molecule has 130 valence electrons. The molecule has 0 radical (unpaired) electrons. The van der Waals surface area contributed by atoms with E-state index in [0.29, 0.717) is 18.6 Å². The van der Waals surface area contributed by atoms with Gasteiger partial charge in [0.15, 0.2) is 11.5 Å². The molecule has 0 aromatic heterocycles.